The molecule has 1 aliphatic carbocycles. The van der Waals surface area contributed by atoms with Gasteiger partial charge >= 0.3 is 0 Å². The second-order valence-corrected chi connectivity index (χ2v) is 11.0. The zero-order valence-corrected chi connectivity index (χ0v) is 12.5. The lowest BCUT2D eigenvalue weighted by Gasteiger charge is -2.39. The van der Waals surface area contributed by atoms with Crippen molar-refractivity contribution in [2.75, 3.05) is 6.61 Å². The van der Waals surface area contributed by atoms with Crippen LogP contribution in [0, 0.1) is 5.92 Å². The predicted molar refractivity (Wildman–Crippen MR) is 71.4 cm³/mol. The van der Waals surface area contributed by atoms with Crippen LogP contribution in [-0.2, 0) is 9.22 Å². The second-order valence-electron chi connectivity index (χ2n) is 6.29. The molecule has 0 aromatic carbocycles. The summed E-state index contributed by atoms with van der Waals surface area (Å²) >= 11 is 0. The summed E-state index contributed by atoms with van der Waals surface area (Å²) in [7, 11) is -1.80. The SMILES string of the molecule is CC(C)(C)[Si](C)(C)O[C@H]1C=CC(=O)[C@H](CO)C1. The number of carbonyl (C=O) groups excluding carboxylic acids is 1. The molecule has 0 bridgehead atoms. The van der Waals surface area contributed by atoms with Gasteiger partial charge in [-0.05, 0) is 30.6 Å². The normalized spacial score (nSPS) is 26.4. The topological polar surface area (TPSA) is 46.5 Å². The van der Waals surface area contributed by atoms with Crippen molar-refractivity contribution in [2.24, 2.45) is 5.92 Å². The maximum atomic E-state index is 11.4. The summed E-state index contributed by atoms with van der Waals surface area (Å²) in [5.41, 5.74) is 0. The average molecular weight is 256 g/mol. The van der Waals surface area contributed by atoms with E-state index in [1.807, 2.05) is 6.08 Å². The van der Waals surface area contributed by atoms with Gasteiger partial charge in [-0.2, -0.15) is 0 Å². The molecule has 0 saturated carbocycles. The standard InChI is InChI=1S/C13H24O3Si/c1-13(2,3)17(4,5)16-11-6-7-12(15)10(8-11)9-14/h6-7,10-11,14H,8-9H2,1-5H3/t10-,11-/m0/s1. The van der Waals surface area contributed by atoms with Gasteiger partial charge in [-0.25, -0.2) is 0 Å². The fourth-order valence-electron chi connectivity index (χ4n) is 1.62. The maximum absolute atomic E-state index is 11.4. The van der Waals surface area contributed by atoms with Gasteiger partial charge in [0.05, 0.1) is 12.7 Å². The molecule has 1 aliphatic rings. The monoisotopic (exact) mass is 256 g/mol. The summed E-state index contributed by atoms with van der Waals surface area (Å²) in [6.45, 7) is 10.9. The Labute approximate surface area is 105 Å². The molecule has 3 nitrogen and oxygen atoms in total. The van der Waals surface area contributed by atoms with Crippen molar-refractivity contribution in [3.63, 3.8) is 0 Å². The van der Waals surface area contributed by atoms with Crippen molar-refractivity contribution >= 4 is 14.1 Å². The number of carbonyl (C=O) groups is 1. The number of aliphatic hydroxyl groups excluding tert-OH is 1. The third kappa shape index (κ3) is 3.50. The van der Waals surface area contributed by atoms with Gasteiger partial charge in [0.1, 0.15) is 0 Å². The van der Waals surface area contributed by atoms with Crippen LogP contribution in [0.25, 0.3) is 0 Å². The average Bonchev–Trinajstić information content (AvgIpc) is 2.19. The van der Waals surface area contributed by atoms with Crippen LogP contribution in [0.3, 0.4) is 0 Å². The highest BCUT2D eigenvalue weighted by atomic mass is 28.4. The van der Waals surface area contributed by atoms with E-state index in [0.29, 0.717) is 6.42 Å². The van der Waals surface area contributed by atoms with Crippen molar-refractivity contribution in [1.82, 2.24) is 0 Å². The summed E-state index contributed by atoms with van der Waals surface area (Å²) in [6.07, 6.45) is 3.99. The van der Waals surface area contributed by atoms with Crippen LogP contribution >= 0.6 is 0 Å². The molecule has 0 amide bonds. The summed E-state index contributed by atoms with van der Waals surface area (Å²) in [5, 5.41) is 9.30. The van der Waals surface area contributed by atoms with Gasteiger partial charge in [0, 0.05) is 5.92 Å². The molecule has 0 radical (unpaired) electrons. The first kappa shape index (κ1) is 14.6. The molecular formula is C13H24O3Si. The van der Waals surface area contributed by atoms with Crippen LogP contribution in [0.2, 0.25) is 18.1 Å². The molecule has 2 atom stereocenters. The highest BCUT2D eigenvalue weighted by molar-refractivity contribution is 6.74. The Morgan fingerprint density at radius 2 is 2.06 bits per heavy atom. The third-order valence-corrected chi connectivity index (χ3v) is 8.37. The fraction of sp³-hybridized carbons (Fsp3) is 0.769. The minimum atomic E-state index is -1.80. The zero-order chi connectivity index (χ0) is 13.3. The third-order valence-electron chi connectivity index (χ3n) is 3.87. The molecule has 0 unspecified atom stereocenters. The van der Waals surface area contributed by atoms with Crippen molar-refractivity contribution in [3.8, 4) is 0 Å². The van der Waals surface area contributed by atoms with E-state index in [4.69, 9.17) is 9.53 Å². The van der Waals surface area contributed by atoms with E-state index in [1.54, 1.807) is 6.08 Å². The number of aliphatic hydroxyl groups is 1. The number of ketones is 1. The van der Waals surface area contributed by atoms with E-state index < -0.39 is 8.32 Å². The van der Waals surface area contributed by atoms with Crippen molar-refractivity contribution < 1.29 is 14.3 Å². The second kappa shape index (κ2) is 5.04. The van der Waals surface area contributed by atoms with Gasteiger partial charge in [-0.15, -0.1) is 0 Å². The molecule has 0 spiro atoms. The fourth-order valence-corrected chi connectivity index (χ4v) is 2.91. The Bertz CT molecular complexity index is 315. The van der Waals surface area contributed by atoms with Gasteiger partial charge < -0.3 is 9.53 Å². The lowest BCUT2D eigenvalue weighted by Crippen LogP contribution is -2.45. The maximum Gasteiger partial charge on any atom is 0.192 e. The van der Waals surface area contributed by atoms with E-state index in [1.165, 1.54) is 0 Å². The molecule has 4 heteroatoms. The summed E-state index contributed by atoms with van der Waals surface area (Å²) in [6, 6.07) is 0. The van der Waals surface area contributed by atoms with Crippen LogP contribution in [0.4, 0.5) is 0 Å². The van der Waals surface area contributed by atoms with E-state index in [0.717, 1.165) is 0 Å². The van der Waals surface area contributed by atoms with Gasteiger partial charge in [0.25, 0.3) is 0 Å². The Morgan fingerprint density at radius 1 is 1.47 bits per heavy atom. The predicted octanol–water partition coefficient (Wildman–Crippen LogP) is 2.51. The highest BCUT2D eigenvalue weighted by Gasteiger charge is 2.39. The van der Waals surface area contributed by atoms with Crippen LogP contribution in [0.5, 0.6) is 0 Å². The van der Waals surface area contributed by atoms with Crippen molar-refractivity contribution in [2.45, 2.75) is 51.4 Å². The van der Waals surface area contributed by atoms with Crippen LogP contribution in [0.1, 0.15) is 27.2 Å². The molecule has 98 valence electrons. The van der Waals surface area contributed by atoms with Crippen molar-refractivity contribution in [3.05, 3.63) is 12.2 Å². The van der Waals surface area contributed by atoms with Crippen LogP contribution in [0.15, 0.2) is 12.2 Å². The number of hydrogen-bond donors (Lipinski definition) is 1. The van der Waals surface area contributed by atoms with Gasteiger partial charge in [0.2, 0.25) is 0 Å². The quantitative estimate of drug-likeness (QED) is 0.789. The molecule has 1 N–H and O–H groups in total. The minimum absolute atomic E-state index is 0.0163. The minimum Gasteiger partial charge on any atom is -0.411 e. The first-order chi connectivity index (χ1) is 7.67. The van der Waals surface area contributed by atoms with Crippen LogP contribution < -0.4 is 0 Å². The smallest absolute Gasteiger partial charge is 0.192 e. The van der Waals surface area contributed by atoms with E-state index in [-0.39, 0.29) is 29.5 Å². The number of allylic oxidation sites excluding steroid dienone is 1. The molecule has 17 heavy (non-hydrogen) atoms. The molecular weight excluding hydrogens is 232 g/mol. The molecule has 0 fully saturated rings. The summed E-state index contributed by atoms with van der Waals surface area (Å²) < 4.78 is 6.21. The van der Waals surface area contributed by atoms with E-state index >= 15 is 0 Å². The molecule has 1 rings (SSSR count). The summed E-state index contributed by atoms with van der Waals surface area (Å²) in [4.78, 5) is 11.4. The Hall–Kier alpha value is -0.453. The number of rotatable bonds is 3. The number of hydrogen-bond acceptors (Lipinski definition) is 3. The van der Waals surface area contributed by atoms with E-state index in [9.17, 15) is 4.79 Å². The Morgan fingerprint density at radius 3 is 2.53 bits per heavy atom. The molecule has 0 saturated heterocycles. The zero-order valence-electron chi connectivity index (χ0n) is 11.5. The lowest BCUT2D eigenvalue weighted by atomic mass is 9.92. The summed E-state index contributed by atoms with van der Waals surface area (Å²) in [5.74, 6) is -0.266. The lowest BCUT2D eigenvalue weighted by molar-refractivity contribution is -0.120. The molecule has 0 aliphatic heterocycles. The highest BCUT2D eigenvalue weighted by Crippen LogP contribution is 2.38. The molecule has 0 aromatic heterocycles. The van der Waals surface area contributed by atoms with Gasteiger partial charge in [-0.1, -0.05) is 26.8 Å². The first-order valence-corrected chi connectivity index (χ1v) is 9.09. The van der Waals surface area contributed by atoms with Gasteiger partial charge in [0.15, 0.2) is 14.1 Å². The molecule has 0 aromatic rings. The Balaban J connectivity index is 2.71. The largest absolute Gasteiger partial charge is 0.411 e. The van der Waals surface area contributed by atoms with E-state index in [2.05, 4.69) is 33.9 Å². The first-order valence-electron chi connectivity index (χ1n) is 6.18. The van der Waals surface area contributed by atoms with Crippen LogP contribution in [-0.4, -0.2) is 31.9 Å². The van der Waals surface area contributed by atoms with Crippen molar-refractivity contribution in [1.29, 1.82) is 0 Å². The Kier molecular flexibility index (Phi) is 4.33. The van der Waals surface area contributed by atoms with Gasteiger partial charge in [-0.3, -0.25) is 4.79 Å². The molecule has 0 heterocycles.